The molecule has 1 aromatic rings. The first kappa shape index (κ1) is 13.7. The number of nitrogens with two attached hydrogens (primary N) is 1. The third-order valence-electron chi connectivity index (χ3n) is 3.02. The fraction of sp³-hybridized carbons (Fsp3) is 0.467. The van der Waals surface area contributed by atoms with Gasteiger partial charge in [0.05, 0.1) is 19.8 Å². The van der Waals surface area contributed by atoms with Crippen LogP contribution in [-0.4, -0.2) is 26.3 Å². The number of nitrogens with one attached hydrogen (secondary N) is 1. The molecule has 0 fully saturated rings. The number of fused-ring (bicyclic) bond motifs is 1. The van der Waals surface area contributed by atoms with E-state index in [0.717, 1.165) is 23.5 Å². The zero-order chi connectivity index (χ0) is 13.5. The van der Waals surface area contributed by atoms with Crippen molar-refractivity contribution in [2.75, 3.05) is 26.3 Å². The fourth-order valence-corrected chi connectivity index (χ4v) is 2.00. The van der Waals surface area contributed by atoms with Crippen molar-refractivity contribution in [1.29, 1.82) is 0 Å². The minimum Gasteiger partial charge on any atom is -0.490 e. The molecule has 1 aliphatic heterocycles. The van der Waals surface area contributed by atoms with Gasteiger partial charge in [0.15, 0.2) is 11.5 Å². The van der Waals surface area contributed by atoms with Crippen LogP contribution in [0.25, 0.3) is 0 Å². The summed E-state index contributed by atoms with van der Waals surface area (Å²) in [5, 5.41) is 3.31. The van der Waals surface area contributed by atoms with Crippen molar-refractivity contribution in [3.63, 3.8) is 0 Å². The van der Waals surface area contributed by atoms with Crippen LogP contribution in [0.3, 0.4) is 0 Å². The van der Waals surface area contributed by atoms with E-state index in [9.17, 15) is 0 Å². The first-order valence-electron chi connectivity index (χ1n) is 6.57. The van der Waals surface area contributed by atoms with Crippen LogP contribution in [0.4, 0.5) is 0 Å². The lowest BCUT2D eigenvalue weighted by Gasteiger charge is -2.17. The molecule has 1 heterocycles. The second-order valence-electron chi connectivity index (χ2n) is 4.35. The molecule has 0 bridgehead atoms. The highest BCUT2D eigenvalue weighted by Crippen LogP contribution is 2.32. The Morgan fingerprint density at radius 2 is 2.11 bits per heavy atom. The molecule has 0 radical (unpaired) electrons. The minimum absolute atomic E-state index is 0.0815. The molecule has 2 rings (SSSR count). The fourth-order valence-electron chi connectivity index (χ4n) is 2.00. The molecule has 102 valence electrons. The van der Waals surface area contributed by atoms with E-state index in [2.05, 4.69) is 17.2 Å². The second-order valence-corrected chi connectivity index (χ2v) is 4.35. The van der Waals surface area contributed by atoms with E-state index in [4.69, 9.17) is 15.2 Å². The van der Waals surface area contributed by atoms with Crippen LogP contribution >= 0.6 is 0 Å². The van der Waals surface area contributed by atoms with E-state index < -0.39 is 0 Å². The molecule has 1 aliphatic rings. The summed E-state index contributed by atoms with van der Waals surface area (Å²) in [5.74, 6) is 7.45. The number of ether oxygens (including phenoxy) is 2. The predicted octanol–water partition coefficient (Wildman–Crippen LogP) is 1.46. The van der Waals surface area contributed by atoms with Gasteiger partial charge in [-0.05, 0) is 24.6 Å². The highest BCUT2D eigenvalue weighted by molar-refractivity contribution is 5.44. The Balaban J connectivity index is 2.13. The van der Waals surface area contributed by atoms with Crippen molar-refractivity contribution in [3.05, 3.63) is 23.8 Å². The summed E-state index contributed by atoms with van der Waals surface area (Å²) in [6, 6.07) is 6.06. The molecule has 19 heavy (non-hydrogen) atoms. The standard InChI is InChI=1S/C15H20N2O2/c1-2-3-7-17-13(11-16)12-5-6-14-15(10-12)19-9-4-8-18-14/h5-6,10,13,17H,4,7-9,11,16H2,1H3. The van der Waals surface area contributed by atoms with E-state index in [1.165, 1.54) is 0 Å². The zero-order valence-electron chi connectivity index (χ0n) is 11.2. The Morgan fingerprint density at radius 1 is 1.32 bits per heavy atom. The van der Waals surface area contributed by atoms with Crippen molar-refractivity contribution >= 4 is 0 Å². The summed E-state index contributed by atoms with van der Waals surface area (Å²) in [6.07, 6.45) is 0.911. The Bertz CT molecular complexity index is 477. The summed E-state index contributed by atoms with van der Waals surface area (Å²) < 4.78 is 11.3. The molecule has 1 atom stereocenters. The second kappa shape index (κ2) is 7.03. The van der Waals surface area contributed by atoms with Crippen LogP contribution in [0.15, 0.2) is 18.2 Å². The predicted molar refractivity (Wildman–Crippen MR) is 75.3 cm³/mol. The molecule has 1 aromatic carbocycles. The molecule has 4 heteroatoms. The lowest BCUT2D eigenvalue weighted by atomic mass is 10.1. The molecule has 4 nitrogen and oxygen atoms in total. The number of benzene rings is 1. The number of hydrogen-bond donors (Lipinski definition) is 2. The van der Waals surface area contributed by atoms with Crippen LogP contribution in [-0.2, 0) is 0 Å². The highest BCUT2D eigenvalue weighted by atomic mass is 16.5. The molecule has 0 saturated heterocycles. The zero-order valence-corrected chi connectivity index (χ0v) is 11.2. The maximum Gasteiger partial charge on any atom is 0.161 e. The first-order valence-corrected chi connectivity index (χ1v) is 6.57. The van der Waals surface area contributed by atoms with E-state index in [-0.39, 0.29) is 6.04 Å². The van der Waals surface area contributed by atoms with Gasteiger partial charge in [0.1, 0.15) is 0 Å². The normalized spacial score (nSPS) is 15.1. The summed E-state index contributed by atoms with van der Waals surface area (Å²) in [4.78, 5) is 0. The summed E-state index contributed by atoms with van der Waals surface area (Å²) in [5.41, 5.74) is 6.91. The number of rotatable bonds is 4. The maximum absolute atomic E-state index is 5.81. The van der Waals surface area contributed by atoms with Gasteiger partial charge in [-0.25, -0.2) is 0 Å². The van der Waals surface area contributed by atoms with Gasteiger partial charge < -0.3 is 15.2 Å². The topological polar surface area (TPSA) is 56.5 Å². The van der Waals surface area contributed by atoms with Gasteiger partial charge in [-0.15, -0.1) is 5.92 Å². The van der Waals surface area contributed by atoms with Crippen molar-refractivity contribution < 1.29 is 9.47 Å². The summed E-state index contributed by atoms with van der Waals surface area (Å²) in [6.45, 7) is 4.38. The van der Waals surface area contributed by atoms with Gasteiger partial charge in [0.2, 0.25) is 0 Å². The van der Waals surface area contributed by atoms with Crippen LogP contribution in [0.1, 0.15) is 24.9 Å². The van der Waals surface area contributed by atoms with E-state index in [1.807, 2.05) is 25.1 Å². The lowest BCUT2D eigenvalue weighted by molar-refractivity contribution is 0.297. The average Bonchev–Trinajstić information content (AvgIpc) is 2.68. The van der Waals surface area contributed by atoms with Gasteiger partial charge in [-0.1, -0.05) is 12.0 Å². The smallest absolute Gasteiger partial charge is 0.161 e. The van der Waals surface area contributed by atoms with E-state index in [1.54, 1.807) is 0 Å². The molecular formula is C15H20N2O2. The van der Waals surface area contributed by atoms with Gasteiger partial charge >= 0.3 is 0 Å². The Labute approximate surface area is 114 Å². The maximum atomic E-state index is 5.81. The van der Waals surface area contributed by atoms with Crippen LogP contribution in [0, 0.1) is 11.8 Å². The number of hydrogen-bond acceptors (Lipinski definition) is 4. The van der Waals surface area contributed by atoms with Crippen molar-refractivity contribution in [3.8, 4) is 23.3 Å². The largest absolute Gasteiger partial charge is 0.490 e. The van der Waals surface area contributed by atoms with Gasteiger partial charge in [-0.2, -0.15) is 0 Å². The molecule has 0 saturated carbocycles. The molecule has 1 unspecified atom stereocenters. The third-order valence-corrected chi connectivity index (χ3v) is 3.02. The van der Waals surface area contributed by atoms with Crippen LogP contribution in [0.2, 0.25) is 0 Å². The third kappa shape index (κ3) is 3.63. The molecule has 0 aliphatic carbocycles. The molecule has 0 aromatic heterocycles. The Morgan fingerprint density at radius 3 is 2.84 bits per heavy atom. The molecule has 3 N–H and O–H groups in total. The molecule has 0 spiro atoms. The van der Waals surface area contributed by atoms with Gasteiger partial charge in [0, 0.05) is 19.0 Å². The Kier molecular flexibility index (Phi) is 5.08. The average molecular weight is 260 g/mol. The van der Waals surface area contributed by atoms with Gasteiger partial charge in [0.25, 0.3) is 0 Å². The summed E-state index contributed by atoms with van der Waals surface area (Å²) >= 11 is 0. The van der Waals surface area contributed by atoms with Crippen molar-refractivity contribution in [1.82, 2.24) is 5.32 Å². The quantitative estimate of drug-likeness (QED) is 0.805. The van der Waals surface area contributed by atoms with Crippen LogP contribution in [0.5, 0.6) is 11.5 Å². The van der Waals surface area contributed by atoms with E-state index >= 15 is 0 Å². The van der Waals surface area contributed by atoms with Gasteiger partial charge in [-0.3, -0.25) is 5.32 Å². The minimum atomic E-state index is 0.0815. The van der Waals surface area contributed by atoms with Crippen LogP contribution < -0.4 is 20.5 Å². The van der Waals surface area contributed by atoms with Crippen molar-refractivity contribution in [2.24, 2.45) is 5.73 Å². The first-order chi connectivity index (χ1) is 9.35. The SMILES string of the molecule is CC#CCNC(CN)c1ccc2c(c1)OCCCO2. The van der Waals surface area contributed by atoms with E-state index in [0.29, 0.717) is 26.3 Å². The van der Waals surface area contributed by atoms with Crippen molar-refractivity contribution in [2.45, 2.75) is 19.4 Å². The Hall–Kier alpha value is -1.70. The molecule has 0 amide bonds. The monoisotopic (exact) mass is 260 g/mol. The molecular weight excluding hydrogens is 240 g/mol. The highest BCUT2D eigenvalue weighted by Gasteiger charge is 2.14. The lowest BCUT2D eigenvalue weighted by Crippen LogP contribution is -2.28. The summed E-state index contributed by atoms with van der Waals surface area (Å²) in [7, 11) is 0.